The van der Waals surface area contributed by atoms with Crippen molar-refractivity contribution in [1.29, 1.82) is 0 Å². The summed E-state index contributed by atoms with van der Waals surface area (Å²) in [6.45, 7) is 4.54. The normalized spacial score (nSPS) is 12.2. The van der Waals surface area contributed by atoms with Crippen LogP contribution in [0, 0.1) is 0 Å². The van der Waals surface area contributed by atoms with Gasteiger partial charge in [0.25, 0.3) is 0 Å². The summed E-state index contributed by atoms with van der Waals surface area (Å²) in [6.07, 6.45) is 2.34. The summed E-state index contributed by atoms with van der Waals surface area (Å²) in [4.78, 5) is 0. The van der Waals surface area contributed by atoms with Crippen LogP contribution in [0.15, 0.2) is 187 Å². The lowest BCUT2D eigenvalue weighted by Crippen LogP contribution is -2.76. The topological polar surface area (TPSA) is 0 Å². The van der Waals surface area contributed by atoms with Gasteiger partial charge in [-0.1, -0.05) is 187 Å². The van der Waals surface area contributed by atoms with Crippen molar-refractivity contribution in [3.05, 3.63) is 187 Å². The molecule has 6 aromatic rings. The fourth-order valence-corrected chi connectivity index (χ4v) is 16.7. The lowest BCUT2D eigenvalue weighted by molar-refractivity contribution is 1.52. The van der Waals surface area contributed by atoms with Gasteiger partial charge in [-0.2, -0.15) is 0 Å². The zero-order chi connectivity index (χ0) is 28.8. The molecule has 6 rings (SSSR count). The molecule has 0 aliphatic rings. The molecule has 0 spiro atoms. The Kier molecular flexibility index (Phi) is 8.00. The summed E-state index contributed by atoms with van der Waals surface area (Å²) in [5.74, 6) is 0. The Balaban J connectivity index is 1.74. The third-order valence-corrected chi connectivity index (χ3v) is 18.6. The summed E-state index contributed by atoms with van der Waals surface area (Å²) in [5, 5.41) is 11.3. The van der Waals surface area contributed by atoms with Crippen molar-refractivity contribution in [2.24, 2.45) is 0 Å². The molecule has 0 unspecified atom stereocenters. The Morgan fingerprint density at radius 2 is 0.690 bits per heavy atom. The molecule has 0 radical (unpaired) electrons. The summed E-state index contributed by atoms with van der Waals surface area (Å²) < 4.78 is 0. The van der Waals surface area contributed by atoms with Gasteiger partial charge in [-0.05, 0) is 50.2 Å². The van der Waals surface area contributed by atoms with Crippen molar-refractivity contribution < 1.29 is 0 Å². The Bertz CT molecular complexity index is 1630. The molecule has 0 nitrogen and oxygen atoms in total. The van der Waals surface area contributed by atoms with E-state index in [1.165, 1.54) is 41.5 Å². The first-order valence-corrected chi connectivity index (χ1v) is 18.7. The standard InChI is InChI=1S/C40H36Si2/c1-3-33(2)41(34-20-9-4-10-21-34,35-22-11-5-12-23-35)39-30-19-31-40(32-39)42(36-24-13-6-14-25-36,37-26-15-7-16-27-37)38-28-17-8-18-29-38/h3-32H,1-2H3. The Hall–Kier alpha value is -4.51. The second-order valence-corrected chi connectivity index (χ2v) is 18.7. The highest BCUT2D eigenvalue weighted by atomic mass is 28.3. The highest BCUT2D eigenvalue weighted by molar-refractivity contribution is 7.20. The van der Waals surface area contributed by atoms with Crippen LogP contribution in [0.4, 0.5) is 0 Å². The highest BCUT2D eigenvalue weighted by Crippen LogP contribution is 2.18. The number of benzene rings is 6. The Morgan fingerprint density at radius 1 is 0.381 bits per heavy atom. The molecule has 0 atom stereocenters. The molecule has 0 saturated heterocycles. The maximum absolute atomic E-state index is 2.65. The van der Waals surface area contributed by atoms with Gasteiger partial charge in [0.15, 0.2) is 16.1 Å². The van der Waals surface area contributed by atoms with E-state index in [-0.39, 0.29) is 0 Å². The SMILES string of the molecule is CC=C(C)[Si](c1ccccc1)(c1ccccc1)c1cccc([Si](c2ccccc2)(c2ccccc2)c2ccccc2)c1. The van der Waals surface area contributed by atoms with Crippen LogP contribution in [0.2, 0.25) is 0 Å². The van der Waals surface area contributed by atoms with Gasteiger partial charge in [-0.25, -0.2) is 0 Å². The second-order valence-electron chi connectivity index (χ2n) is 10.9. The van der Waals surface area contributed by atoms with Gasteiger partial charge < -0.3 is 0 Å². The van der Waals surface area contributed by atoms with Gasteiger partial charge in [-0.15, -0.1) is 0 Å². The third-order valence-electron chi connectivity index (χ3n) is 8.79. The molecule has 0 aliphatic heterocycles. The van der Waals surface area contributed by atoms with Crippen LogP contribution < -0.4 is 36.3 Å². The van der Waals surface area contributed by atoms with Crippen molar-refractivity contribution in [3.8, 4) is 0 Å². The van der Waals surface area contributed by atoms with Gasteiger partial charge in [0.1, 0.15) is 0 Å². The van der Waals surface area contributed by atoms with Crippen LogP contribution in [0.25, 0.3) is 0 Å². The summed E-state index contributed by atoms with van der Waals surface area (Å²) in [6, 6.07) is 65.7. The van der Waals surface area contributed by atoms with Gasteiger partial charge in [0.05, 0.1) is 0 Å². The quantitative estimate of drug-likeness (QED) is 0.177. The molecule has 0 aliphatic carbocycles. The smallest absolute Gasteiger partial charge is 0.0916 e. The first kappa shape index (κ1) is 27.7. The van der Waals surface area contributed by atoms with E-state index in [4.69, 9.17) is 0 Å². The largest absolute Gasteiger partial charge is 0.179 e. The molecule has 42 heavy (non-hydrogen) atoms. The lowest BCUT2D eigenvalue weighted by Gasteiger charge is -2.38. The fourth-order valence-electron chi connectivity index (χ4n) is 6.83. The van der Waals surface area contributed by atoms with Crippen molar-refractivity contribution >= 4 is 52.5 Å². The predicted octanol–water partition coefficient (Wildman–Crippen LogP) is 5.04. The van der Waals surface area contributed by atoms with E-state index in [1.54, 1.807) is 0 Å². The number of allylic oxidation sites excluding steroid dienone is 2. The molecule has 0 bridgehead atoms. The number of rotatable bonds is 8. The molecular weight excluding hydrogens is 537 g/mol. The molecule has 6 aromatic carbocycles. The van der Waals surface area contributed by atoms with Crippen LogP contribution in [-0.2, 0) is 0 Å². The molecule has 0 amide bonds. The minimum atomic E-state index is -2.65. The van der Waals surface area contributed by atoms with Crippen molar-refractivity contribution in [2.45, 2.75) is 13.8 Å². The van der Waals surface area contributed by atoms with Gasteiger partial charge in [-0.3, -0.25) is 0 Å². The van der Waals surface area contributed by atoms with E-state index in [9.17, 15) is 0 Å². The molecule has 0 heterocycles. The van der Waals surface area contributed by atoms with Gasteiger partial charge in [0, 0.05) is 0 Å². The van der Waals surface area contributed by atoms with Crippen molar-refractivity contribution in [1.82, 2.24) is 0 Å². The first-order valence-electron chi connectivity index (χ1n) is 14.7. The predicted molar refractivity (Wildman–Crippen MR) is 187 cm³/mol. The second kappa shape index (κ2) is 12.2. The average Bonchev–Trinajstić information content (AvgIpc) is 3.08. The lowest BCUT2D eigenvalue weighted by atomic mass is 10.3. The van der Waals surface area contributed by atoms with E-state index in [0.717, 1.165) is 0 Å². The van der Waals surface area contributed by atoms with Crippen LogP contribution in [-0.4, -0.2) is 16.1 Å². The van der Waals surface area contributed by atoms with E-state index in [1.807, 2.05) is 0 Å². The number of hydrogen-bond acceptors (Lipinski definition) is 0. The summed E-state index contributed by atoms with van der Waals surface area (Å²) in [5.41, 5.74) is 0. The monoisotopic (exact) mass is 572 g/mol. The fraction of sp³-hybridized carbons (Fsp3) is 0.0500. The minimum Gasteiger partial charge on any atom is -0.0916 e. The van der Waals surface area contributed by atoms with E-state index >= 15 is 0 Å². The third kappa shape index (κ3) is 4.63. The zero-order valence-electron chi connectivity index (χ0n) is 24.3. The average molecular weight is 573 g/mol. The molecule has 0 aromatic heterocycles. The van der Waals surface area contributed by atoms with Gasteiger partial charge >= 0.3 is 0 Å². The molecule has 204 valence electrons. The van der Waals surface area contributed by atoms with Crippen LogP contribution in [0.5, 0.6) is 0 Å². The van der Waals surface area contributed by atoms with Crippen molar-refractivity contribution in [2.75, 3.05) is 0 Å². The van der Waals surface area contributed by atoms with E-state index < -0.39 is 16.1 Å². The maximum Gasteiger partial charge on any atom is 0.179 e. The van der Waals surface area contributed by atoms with Crippen LogP contribution in [0.1, 0.15) is 13.8 Å². The summed E-state index contributed by atoms with van der Waals surface area (Å²) in [7, 11) is -5.21. The Morgan fingerprint density at radius 3 is 1.05 bits per heavy atom. The van der Waals surface area contributed by atoms with Crippen LogP contribution >= 0.6 is 0 Å². The molecule has 0 fully saturated rings. The van der Waals surface area contributed by atoms with Crippen molar-refractivity contribution in [3.63, 3.8) is 0 Å². The highest BCUT2D eigenvalue weighted by Gasteiger charge is 2.45. The van der Waals surface area contributed by atoms with E-state index in [0.29, 0.717) is 0 Å². The van der Waals surface area contributed by atoms with E-state index in [2.05, 4.69) is 196 Å². The van der Waals surface area contributed by atoms with Crippen LogP contribution in [0.3, 0.4) is 0 Å². The summed E-state index contributed by atoms with van der Waals surface area (Å²) >= 11 is 0. The van der Waals surface area contributed by atoms with Gasteiger partial charge in [0.2, 0.25) is 0 Å². The Labute approximate surface area is 252 Å². The molecular formula is C40H36Si2. The zero-order valence-corrected chi connectivity index (χ0v) is 26.3. The maximum atomic E-state index is 2.58. The first-order chi connectivity index (χ1) is 20.7. The molecule has 0 N–H and O–H groups in total. The molecule has 2 heteroatoms. The minimum absolute atomic E-state index is 1.40. The number of hydrogen-bond donors (Lipinski definition) is 0. The molecule has 0 saturated carbocycles.